The molecule has 6 nitrogen and oxygen atoms in total. The van der Waals surface area contributed by atoms with E-state index in [0.717, 1.165) is 5.69 Å². The fourth-order valence-corrected chi connectivity index (χ4v) is 1.83. The van der Waals surface area contributed by atoms with Crippen LogP contribution in [0.25, 0.3) is 5.78 Å². The normalized spacial score (nSPS) is 10.3. The monoisotopic (exact) mass is 270 g/mol. The average molecular weight is 271 g/mol. The number of hydrogen-bond acceptors (Lipinski definition) is 5. The van der Waals surface area contributed by atoms with Gasteiger partial charge < -0.3 is 5.32 Å². The highest BCUT2D eigenvalue weighted by Crippen LogP contribution is 2.19. The van der Waals surface area contributed by atoms with Gasteiger partial charge in [-0.3, -0.25) is 0 Å². The number of nitrogens with one attached hydrogen (secondary N) is 1. The highest BCUT2D eigenvalue weighted by atomic mass is 35.5. The quantitative estimate of drug-likeness (QED) is 0.723. The van der Waals surface area contributed by atoms with Crippen molar-refractivity contribution in [3.05, 3.63) is 47.4 Å². The van der Waals surface area contributed by atoms with Crippen LogP contribution in [0.2, 0.25) is 5.15 Å². The molecule has 0 saturated heterocycles. The van der Waals surface area contributed by atoms with Gasteiger partial charge in [0.25, 0.3) is 5.78 Å². The number of fused-ring (bicyclic) bond motifs is 1. The molecule has 19 heavy (non-hydrogen) atoms. The molecule has 1 aromatic carbocycles. The standard InChI is InChI=1S/C12H7ClN6/c13-10-5-11(19-12(18-10)15-7-16-19)17-9-3-1-8(6-14)2-4-9/h1-5,7,17H. The van der Waals surface area contributed by atoms with Crippen molar-refractivity contribution in [2.75, 3.05) is 5.32 Å². The summed E-state index contributed by atoms with van der Waals surface area (Å²) in [6, 6.07) is 10.8. The summed E-state index contributed by atoms with van der Waals surface area (Å²) in [5.41, 5.74) is 1.42. The van der Waals surface area contributed by atoms with E-state index < -0.39 is 0 Å². The summed E-state index contributed by atoms with van der Waals surface area (Å²) in [6.45, 7) is 0. The first kappa shape index (κ1) is 11.4. The molecule has 7 heteroatoms. The molecule has 92 valence electrons. The van der Waals surface area contributed by atoms with Crippen molar-refractivity contribution in [1.29, 1.82) is 5.26 Å². The van der Waals surface area contributed by atoms with Crippen molar-refractivity contribution >= 4 is 28.9 Å². The third-order valence-corrected chi connectivity index (χ3v) is 2.70. The molecule has 3 rings (SSSR count). The molecule has 0 radical (unpaired) electrons. The Bertz CT molecular complexity index is 771. The summed E-state index contributed by atoms with van der Waals surface area (Å²) in [7, 11) is 0. The summed E-state index contributed by atoms with van der Waals surface area (Å²) >= 11 is 5.92. The first-order valence-electron chi connectivity index (χ1n) is 5.40. The van der Waals surface area contributed by atoms with Crippen LogP contribution in [0.15, 0.2) is 36.7 Å². The van der Waals surface area contributed by atoms with Crippen LogP contribution in [0, 0.1) is 11.3 Å². The Hall–Kier alpha value is -2.65. The minimum absolute atomic E-state index is 0.330. The number of hydrogen-bond donors (Lipinski definition) is 1. The second-order valence-corrected chi connectivity index (χ2v) is 4.14. The largest absolute Gasteiger partial charge is 0.340 e. The van der Waals surface area contributed by atoms with E-state index in [0.29, 0.717) is 22.3 Å². The van der Waals surface area contributed by atoms with Crippen LogP contribution in [0.5, 0.6) is 0 Å². The number of anilines is 2. The zero-order chi connectivity index (χ0) is 13.2. The van der Waals surface area contributed by atoms with E-state index in [4.69, 9.17) is 16.9 Å². The fourth-order valence-electron chi connectivity index (χ4n) is 1.65. The Kier molecular flexibility index (Phi) is 2.74. The smallest absolute Gasteiger partial charge is 0.255 e. The summed E-state index contributed by atoms with van der Waals surface area (Å²) in [5, 5.41) is 16.3. The highest BCUT2D eigenvalue weighted by molar-refractivity contribution is 6.29. The van der Waals surface area contributed by atoms with Gasteiger partial charge in [0.2, 0.25) is 0 Å². The lowest BCUT2D eigenvalue weighted by Crippen LogP contribution is -2.01. The van der Waals surface area contributed by atoms with E-state index in [-0.39, 0.29) is 0 Å². The Morgan fingerprint density at radius 3 is 2.79 bits per heavy atom. The van der Waals surface area contributed by atoms with Crippen molar-refractivity contribution in [3.8, 4) is 6.07 Å². The maximum absolute atomic E-state index is 8.75. The number of nitriles is 1. The van der Waals surface area contributed by atoms with Crippen molar-refractivity contribution in [3.63, 3.8) is 0 Å². The molecule has 0 aliphatic carbocycles. The summed E-state index contributed by atoms with van der Waals surface area (Å²) in [5.74, 6) is 1.07. The molecule has 0 bridgehead atoms. The number of benzene rings is 1. The van der Waals surface area contributed by atoms with Gasteiger partial charge in [0.15, 0.2) is 0 Å². The van der Waals surface area contributed by atoms with Gasteiger partial charge in [-0.05, 0) is 24.3 Å². The topological polar surface area (TPSA) is 78.9 Å². The summed E-state index contributed by atoms with van der Waals surface area (Å²) < 4.78 is 1.55. The van der Waals surface area contributed by atoms with Crippen molar-refractivity contribution in [2.24, 2.45) is 0 Å². The van der Waals surface area contributed by atoms with Gasteiger partial charge >= 0.3 is 0 Å². The van der Waals surface area contributed by atoms with E-state index in [9.17, 15) is 0 Å². The maximum atomic E-state index is 8.75. The van der Waals surface area contributed by atoms with Crippen molar-refractivity contribution in [1.82, 2.24) is 19.6 Å². The molecular formula is C12H7ClN6. The van der Waals surface area contributed by atoms with Crippen molar-refractivity contribution < 1.29 is 0 Å². The van der Waals surface area contributed by atoms with Crippen LogP contribution in [0.4, 0.5) is 11.5 Å². The highest BCUT2D eigenvalue weighted by Gasteiger charge is 2.06. The molecule has 0 spiro atoms. The molecule has 0 aliphatic heterocycles. The minimum Gasteiger partial charge on any atom is -0.340 e. The second kappa shape index (κ2) is 4.55. The molecular weight excluding hydrogens is 264 g/mol. The van der Waals surface area contributed by atoms with Gasteiger partial charge in [0.1, 0.15) is 17.3 Å². The first-order valence-corrected chi connectivity index (χ1v) is 5.77. The fraction of sp³-hybridized carbons (Fsp3) is 0. The van der Waals surface area contributed by atoms with E-state index in [2.05, 4.69) is 26.5 Å². The van der Waals surface area contributed by atoms with Crippen LogP contribution in [0.1, 0.15) is 5.56 Å². The van der Waals surface area contributed by atoms with Gasteiger partial charge in [-0.15, -0.1) is 0 Å². The molecule has 2 heterocycles. The number of aromatic nitrogens is 4. The lowest BCUT2D eigenvalue weighted by molar-refractivity contribution is 0.947. The number of halogens is 1. The zero-order valence-corrected chi connectivity index (χ0v) is 10.3. The second-order valence-electron chi connectivity index (χ2n) is 3.75. The molecule has 0 atom stereocenters. The first-order chi connectivity index (χ1) is 9.26. The Morgan fingerprint density at radius 1 is 1.26 bits per heavy atom. The van der Waals surface area contributed by atoms with E-state index in [1.165, 1.54) is 6.33 Å². The number of nitrogens with zero attached hydrogens (tertiary/aromatic N) is 5. The molecule has 1 N–H and O–H groups in total. The van der Waals surface area contributed by atoms with E-state index in [1.54, 1.807) is 34.8 Å². The van der Waals surface area contributed by atoms with Crippen LogP contribution < -0.4 is 5.32 Å². The van der Waals surface area contributed by atoms with Crippen LogP contribution >= 0.6 is 11.6 Å². The van der Waals surface area contributed by atoms with Crippen LogP contribution in [0.3, 0.4) is 0 Å². The predicted molar refractivity (Wildman–Crippen MR) is 70.2 cm³/mol. The van der Waals surface area contributed by atoms with Gasteiger partial charge in [-0.1, -0.05) is 11.6 Å². The van der Waals surface area contributed by atoms with E-state index >= 15 is 0 Å². The average Bonchev–Trinajstić information content (AvgIpc) is 2.88. The van der Waals surface area contributed by atoms with Gasteiger partial charge in [-0.2, -0.15) is 24.8 Å². The molecule has 3 aromatic rings. The van der Waals surface area contributed by atoms with Crippen molar-refractivity contribution in [2.45, 2.75) is 0 Å². The van der Waals surface area contributed by atoms with Gasteiger partial charge in [0, 0.05) is 11.8 Å². The lowest BCUT2D eigenvalue weighted by atomic mass is 10.2. The third-order valence-electron chi connectivity index (χ3n) is 2.51. The predicted octanol–water partition coefficient (Wildman–Crippen LogP) is 2.39. The van der Waals surface area contributed by atoms with Crippen LogP contribution in [-0.4, -0.2) is 19.6 Å². The molecule has 2 aromatic heterocycles. The SMILES string of the molecule is N#Cc1ccc(Nc2cc(Cl)nc3ncnn23)cc1. The zero-order valence-electron chi connectivity index (χ0n) is 9.58. The molecule has 0 amide bonds. The summed E-state index contributed by atoms with van der Waals surface area (Å²) in [4.78, 5) is 8.02. The molecule has 0 aliphatic rings. The number of rotatable bonds is 2. The summed E-state index contributed by atoms with van der Waals surface area (Å²) in [6.07, 6.45) is 1.41. The van der Waals surface area contributed by atoms with Gasteiger partial charge in [-0.25, -0.2) is 0 Å². The van der Waals surface area contributed by atoms with E-state index in [1.807, 2.05) is 0 Å². The molecule has 0 unspecified atom stereocenters. The molecule has 0 fully saturated rings. The Balaban J connectivity index is 2.00. The van der Waals surface area contributed by atoms with Gasteiger partial charge in [0.05, 0.1) is 11.6 Å². The Labute approximate surface area is 113 Å². The Morgan fingerprint density at radius 2 is 2.05 bits per heavy atom. The third kappa shape index (κ3) is 2.19. The van der Waals surface area contributed by atoms with Crippen LogP contribution in [-0.2, 0) is 0 Å². The maximum Gasteiger partial charge on any atom is 0.255 e. The minimum atomic E-state index is 0.330. The lowest BCUT2D eigenvalue weighted by Gasteiger charge is -2.07. The molecule has 0 saturated carbocycles.